The van der Waals surface area contributed by atoms with Gasteiger partial charge in [-0.05, 0) is 36.2 Å². The van der Waals surface area contributed by atoms with E-state index in [0.29, 0.717) is 19.1 Å². The molecule has 2 aromatic carbocycles. The highest BCUT2D eigenvalue weighted by atomic mass is 127. The van der Waals surface area contributed by atoms with Crippen LogP contribution in [0.5, 0.6) is 11.5 Å². The minimum absolute atomic E-state index is 0. The van der Waals surface area contributed by atoms with E-state index >= 15 is 0 Å². The maximum Gasteiger partial charge on any atom is 0.193 e. The molecule has 0 aliphatic carbocycles. The number of rotatable bonds is 4. The molecule has 1 atom stereocenters. The van der Waals surface area contributed by atoms with Gasteiger partial charge in [-0.15, -0.1) is 24.0 Å². The predicted molar refractivity (Wildman–Crippen MR) is 108 cm³/mol. The number of anilines is 1. The van der Waals surface area contributed by atoms with Crippen LogP contribution in [0.25, 0.3) is 0 Å². The fourth-order valence-electron chi connectivity index (χ4n) is 2.41. The minimum atomic E-state index is -0.132. The lowest BCUT2D eigenvalue weighted by atomic mass is 10.1. The Bertz CT molecular complexity index is 706. The van der Waals surface area contributed by atoms with E-state index < -0.39 is 0 Å². The number of hydrogen-bond acceptors (Lipinski definition) is 3. The summed E-state index contributed by atoms with van der Waals surface area (Å²) >= 11 is 0. The van der Waals surface area contributed by atoms with Crippen molar-refractivity contribution in [2.75, 3.05) is 18.5 Å². The number of nitrogens with zero attached hydrogens (tertiary/aromatic N) is 1. The van der Waals surface area contributed by atoms with Gasteiger partial charge in [-0.1, -0.05) is 31.2 Å². The molecule has 2 aromatic rings. The first-order valence-electron chi connectivity index (χ1n) is 7.79. The van der Waals surface area contributed by atoms with Crippen LogP contribution in [0.4, 0.5) is 5.69 Å². The molecule has 0 saturated carbocycles. The number of ether oxygens (including phenoxy) is 2. The zero-order chi connectivity index (χ0) is 16.1. The van der Waals surface area contributed by atoms with Crippen LogP contribution < -0.4 is 20.5 Å². The molecule has 3 N–H and O–H groups in total. The van der Waals surface area contributed by atoms with Crippen LogP contribution in [0, 0.1) is 0 Å². The maximum atomic E-state index is 5.95. The first-order chi connectivity index (χ1) is 11.2. The average Bonchev–Trinajstić information content (AvgIpc) is 2.60. The van der Waals surface area contributed by atoms with Gasteiger partial charge in [0.05, 0.1) is 6.54 Å². The Kier molecular flexibility index (Phi) is 6.72. The van der Waals surface area contributed by atoms with Crippen molar-refractivity contribution < 1.29 is 9.47 Å². The Morgan fingerprint density at radius 1 is 1.21 bits per heavy atom. The van der Waals surface area contributed by atoms with Crippen molar-refractivity contribution in [2.24, 2.45) is 10.7 Å². The molecule has 0 aromatic heterocycles. The lowest BCUT2D eigenvalue weighted by molar-refractivity contribution is 0.0972. The molecular formula is C18H22IN3O2. The number of aryl methyl sites for hydroxylation is 1. The smallest absolute Gasteiger partial charge is 0.193 e. The van der Waals surface area contributed by atoms with Crippen LogP contribution in [0.3, 0.4) is 0 Å². The van der Waals surface area contributed by atoms with Crippen molar-refractivity contribution in [3.63, 3.8) is 0 Å². The number of fused-ring (bicyclic) bond motifs is 1. The molecule has 24 heavy (non-hydrogen) atoms. The third-order valence-corrected chi connectivity index (χ3v) is 3.64. The fraction of sp³-hybridized carbons (Fsp3) is 0.278. The van der Waals surface area contributed by atoms with Gasteiger partial charge in [0, 0.05) is 5.69 Å². The summed E-state index contributed by atoms with van der Waals surface area (Å²) in [6, 6.07) is 15.8. The van der Waals surface area contributed by atoms with E-state index in [2.05, 4.69) is 29.4 Å². The number of halogens is 1. The van der Waals surface area contributed by atoms with Crippen LogP contribution in [-0.2, 0) is 6.42 Å². The monoisotopic (exact) mass is 439 g/mol. The largest absolute Gasteiger partial charge is 0.486 e. The minimum Gasteiger partial charge on any atom is -0.486 e. The van der Waals surface area contributed by atoms with Gasteiger partial charge in [0.1, 0.15) is 6.61 Å². The van der Waals surface area contributed by atoms with Gasteiger partial charge in [-0.25, -0.2) is 4.99 Å². The number of nitrogens with two attached hydrogens (primary N) is 1. The summed E-state index contributed by atoms with van der Waals surface area (Å²) in [7, 11) is 0. The molecule has 3 rings (SSSR count). The van der Waals surface area contributed by atoms with Gasteiger partial charge < -0.3 is 20.5 Å². The Balaban J connectivity index is 0.00000208. The van der Waals surface area contributed by atoms with Crippen LogP contribution >= 0.6 is 24.0 Å². The Morgan fingerprint density at radius 3 is 2.79 bits per heavy atom. The fourth-order valence-corrected chi connectivity index (χ4v) is 2.41. The molecule has 1 aliphatic heterocycles. The van der Waals surface area contributed by atoms with Crippen LogP contribution in [0.2, 0.25) is 0 Å². The molecule has 6 heteroatoms. The van der Waals surface area contributed by atoms with Gasteiger partial charge in [-0.2, -0.15) is 0 Å². The molecule has 0 saturated heterocycles. The van der Waals surface area contributed by atoms with Crippen molar-refractivity contribution in [3.8, 4) is 11.5 Å². The summed E-state index contributed by atoms with van der Waals surface area (Å²) < 4.78 is 11.5. The number of guanidine groups is 1. The summed E-state index contributed by atoms with van der Waals surface area (Å²) in [4.78, 5) is 4.35. The molecule has 0 spiro atoms. The van der Waals surface area contributed by atoms with E-state index in [4.69, 9.17) is 15.2 Å². The topological polar surface area (TPSA) is 68.9 Å². The molecule has 5 nitrogen and oxygen atoms in total. The van der Waals surface area contributed by atoms with Crippen molar-refractivity contribution >= 4 is 35.6 Å². The van der Waals surface area contributed by atoms with E-state index in [9.17, 15) is 0 Å². The van der Waals surface area contributed by atoms with E-state index in [1.165, 1.54) is 5.56 Å². The van der Waals surface area contributed by atoms with Gasteiger partial charge in [-0.3, -0.25) is 0 Å². The lowest BCUT2D eigenvalue weighted by Crippen LogP contribution is -2.33. The first kappa shape index (κ1) is 18.4. The van der Waals surface area contributed by atoms with Crippen LogP contribution in [0.1, 0.15) is 12.5 Å². The molecule has 0 bridgehead atoms. The molecule has 1 aliphatic rings. The molecule has 128 valence electrons. The Labute approximate surface area is 159 Å². The van der Waals surface area contributed by atoms with E-state index in [1.807, 2.05) is 36.4 Å². The van der Waals surface area contributed by atoms with Crippen molar-refractivity contribution in [3.05, 3.63) is 54.1 Å². The van der Waals surface area contributed by atoms with Crippen LogP contribution in [0.15, 0.2) is 53.5 Å². The highest BCUT2D eigenvalue weighted by molar-refractivity contribution is 14.0. The van der Waals surface area contributed by atoms with E-state index in [1.54, 1.807) is 0 Å². The van der Waals surface area contributed by atoms with E-state index in [0.717, 1.165) is 23.6 Å². The average molecular weight is 439 g/mol. The van der Waals surface area contributed by atoms with Gasteiger partial charge >= 0.3 is 0 Å². The zero-order valence-electron chi connectivity index (χ0n) is 13.6. The standard InChI is InChI=1S/C18H21N3O2.HI/c1-2-13-6-5-7-14(10-13)21-18(19)20-11-15-12-22-16-8-3-4-9-17(16)23-15;/h3-10,15H,2,11-12H2,1H3,(H3,19,20,21);1H. The Morgan fingerprint density at radius 2 is 2.00 bits per heavy atom. The third kappa shape index (κ3) is 4.77. The first-order valence-corrected chi connectivity index (χ1v) is 7.79. The maximum absolute atomic E-state index is 5.95. The van der Waals surface area contributed by atoms with Crippen molar-refractivity contribution in [1.82, 2.24) is 0 Å². The summed E-state index contributed by atoms with van der Waals surface area (Å²) in [5.41, 5.74) is 8.15. The van der Waals surface area contributed by atoms with Gasteiger partial charge in [0.15, 0.2) is 23.6 Å². The number of para-hydroxylation sites is 2. The van der Waals surface area contributed by atoms with Crippen molar-refractivity contribution in [1.29, 1.82) is 0 Å². The summed E-state index contributed by atoms with van der Waals surface area (Å²) in [6.45, 7) is 3.04. The van der Waals surface area contributed by atoms with E-state index in [-0.39, 0.29) is 30.1 Å². The third-order valence-electron chi connectivity index (χ3n) is 3.64. The molecule has 0 fully saturated rings. The Hall–Kier alpha value is -1.96. The summed E-state index contributed by atoms with van der Waals surface area (Å²) in [6.07, 6.45) is 0.853. The molecule has 1 heterocycles. The van der Waals surface area contributed by atoms with Crippen LogP contribution in [-0.4, -0.2) is 25.2 Å². The lowest BCUT2D eigenvalue weighted by Gasteiger charge is -2.25. The highest BCUT2D eigenvalue weighted by Crippen LogP contribution is 2.30. The highest BCUT2D eigenvalue weighted by Gasteiger charge is 2.20. The normalized spacial score (nSPS) is 16.2. The zero-order valence-corrected chi connectivity index (χ0v) is 15.9. The quantitative estimate of drug-likeness (QED) is 0.435. The molecular weight excluding hydrogens is 417 g/mol. The second-order valence-electron chi connectivity index (χ2n) is 5.40. The molecule has 0 amide bonds. The molecule has 1 unspecified atom stereocenters. The number of nitrogens with one attached hydrogen (secondary N) is 1. The summed E-state index contributed by atoms with van der Waals surface area (Å²) in [5.74, 6) is 1.90. The predicted octanol–water partition coefficient (Wildman–Crippen LogP) is 3.43. The SMILES string of the molecule is CCc1cccc(NC(N)=NCC2COc3ccccc3O2)c1.I. The van der Waals surface area contributed by atoms with Crippen molar-refractivity contribution in [2.45, 2.75) is 19.4 Å². The molecule has 0 radical (unpaired) electrons. The van der Waals surface area contributed by atoms with Gasteiger partial charge in [0.25, 0.3) is 0 Å². The number of aliphatic imine (C=N–C) groups is 1. The second kappa shape index (κ2) is 8.77. The summed E-state index contributed by atoms with van der Waals surface area (Å²) in [5, 5.41) is 3.11. The number of benzene rings is 2. The second-order valence-corrected chi connectivity index (χ2v) is 5.40. The number of hydrogen-bond donors (Lipinski definition) is 2. The van der Waals surface area contributed by atoms with Gasteiger partial charge in [0.2, 0.25) is 0 Å².